The molecule has 0 saturated heterocycles. The monoisotopic (exact) mass is 389 g/mol. The molecule has 0 aliphatic rings. The molecular weight excluding hydrogens is 362 g/mol. The van der Waals surface area contributed by atoms with Crippen LogP contribution in [0.15, 0.2) is 36.4 Å². The van der Waals surface area contributed by atoms with E-state index in [0.29, 0.717) is 18.9 Å². The van der Waals surface area contributed by atoms with Crippen molar-refractivity contribution < 1.29 is 14.3 Å². The third-order valence-electron chi connectivity index (χ3n) is 4.29. The maximum atomic E-state index is 12.3. The Bertz CT molecular complexity index is 753. The number of carbonyl (C=O) groups is 1. The molecule has 0 aliphatic heterocycles. The van der Waals surface area contributed by atoms with Crippen LogP contribution < -0.4 is 14.8 Å². The average molecular weight is 390 g/mol. The highest BCUT2D eigenvalue weighted by atomic mass is 35.5. The van der Waals surface area contributed by atoms with Crippen molar-refractivity contribution >= 4 is 17.5 Å². The Morgan fingerprint density at radius 2 is 1.85 bits per heavy atom. The first-order valence-corrected chi connectivity index (χ1v) is 9.72. The minimum absolute atomic E-state index is 0.127. The van der Waals surface area contributed by atoms with E-state index in [2.05, 4.69) is 11.4 Å². The molecule has 0 bridgehead atoms. The first kappa shape index (κ1) is 21.1. The van der Waals surface area contributed by atoms with Gasteiger partial charge in [-0.2, -0.15) is 0 Å². The molecule has 0 radical (unpaired) electrons. The van der Waals surface area contributed by atoms with Crippen LogP contribution in [0.2, 0.25) is 5.02 Å². The number of nitrogens with one attached hydrogen (secondary N) is 1. The van der Waals surface area contributed by atoms with Gasteiger partial charge < -0.3 is 14.8 Å². The number of hydrogen-bond acceptors (Lipinski definition) is 3. The number of amides is 1. The van der Waals surface area contributed by atoms with Crippen LogP contribution in [0.4, 0.5) is 0 Å². The second-order valence-corrected chi connectivity index (χ2v) is 6.94. The van der Waals surface area contributed by atoms with Crippen molar-refractivity contribution in [2.24, 2.45) is 0 Å². The van der Waals surface area contributed by atoms with Gasteiger partial charge in [-0.05, 0) is 75.4 Å². The van der Waals surface area contributed by atoms with Gasteiger partial charge in [-0.15, -0.1) is 0 Å². The number of benzene rings is 2. The van der Waals surface area contributed by atoms with Crippen molar-refractivity contribution in [3.05, 3.63) is 58.1 Å². The van der Waals surface area contributed by atoms with Crippen molar-refractivity contribution in [3.8, 4) is 11.5 Å². The lowest BCUT2D eigenvalue weighted by molar-refractivity contribution is -0.127. The molecule has 27 heavy (non-hydrogen) atoms. The normalized spacial score (nSPS) is 11.7. The largest absolute Gasteiger partial charge is 0.494 e. The zero-order valence-electron chi connectivity index (χ0n) is 16.5. The van der Waals surface area contributed by atoms with Gasteiger partial charge in [0, 0.05) is 11.6 Å². The summed E-state index contributed by atoms with van der Waals surface area (Å²) in [6, 6.07) is 11.7. The summed E-state index contributed by atoms with van der Waals surface area (Å²) in [6.45, 7) is 8.80. The van der Waals surface area contributed by atoms with Crippen molar-refractivity contribution in [2.75, 3.05) is 13.2 Å². The Labute approximate surface area is 166 Å². The van der Waals surface area contributed by atoms with Gasteiger partial charge in [0.05, 0.1) is 6.61 Å². The number of halogens is 1. The van der Waals surface area contributed by atoms with Crippen LogP contribution in [0.5, 0.6) is 11.5 Å². The number of aryl methyl sites for hydroxylation is 3. The van der Waals surface area contributed by atoms with E-state index in [1.54, 1.807) is 6.92 Å². The quantitative estimate of drug-likeness (QED) is 0.622. The van der Waals surface area contributed by atoms with Crippen LogP contribution in [-0.2, 0) is 11.2 Å². The van der Waals surface area contributed by atoms with Crippen molar-refractivity contribution in [2.45, 2.75) is 46.6 Å². The minimum Gasteiger partial charge on any atom is -0.494 e. The van der Waals surface area contributed by atoms with Crippen LogP contribution in [0.3, 0.4) is 0 Å². The van der Waals surface area contributed by atoms with E-state index >= 15 is 0 Å². The molecule has 2 rings (SSSR count). The lowest BCUT2D eigenvalue weighted by atomic mass is 10.1. The maximum absolute atomic E-state index is 12.3. The molecule has 0 saturated carbocycles. The van der Waals surface area contributed by atoms with E-state index in [-0.39, 0.29) is 5.91 Å². The number of ether oxygens (including phenoxy) is 2. The molecule has 1 unspecified atom stereocenters. The number of rotatable bonds is 9. The molecule has 0 aliphatic carbocycles. The standard InChI is InChI=1S/C22H28ClNO3/c1-5-26-20-11-7-6-9-18(20)10-8-12-24-22(25)17(4)27-19-13-15(2)21(23)16(3)14-19/h6-7,9,11,13-14,17H,5,8,10,12H2,1-4H3,(H,24,25). The Balaban J connectivity index is 1.80. The first-order chi connectivity index (χ1) is 12.9. The fraction of sp³-hybridized carbons (Fsp3) is 0.409. The lowest BCUT2D eigenvalue weighted by Gasteiger charge is -2.16. The van der Waals surface area contributed by atoms with Gasteiger partial charge in [0.1, 0.15) is 11.5 Å². The Kier molecular flexibility index (Phi) is 7.99. The fourth-order valence-electron chi connectivity index (χ4n) is 2.87. The van der Waals surface area contributed by atoms with E-state index in [1.165, 1.54) is 0 Å². The average Bonchev–Trinajstić information content (AvgIpc) is 2.64. The fourth-order valence-corrected chi connectivity index (χ4v) is 2.98. The SMILES string of the molecule is CCOc1ccccc1CCCNC(=O)C(C)Oc1cc(C)c(Cl)c(C)c1. The van der Waals surface area contributed by atoms with Crippen molar-refractivity contribution in [1.29, 1.82) is 0 Å². The van der Waals surface area contributed by atoms with Crippen LogP contribution in [0, 0.1) is 13.8 Å². The van der Waals surface area contributed by atoms with Crippen LogP contribution in [0.1, 0.15) is 37.0 Å². The summed E-state index contributed by atoms with van der Waals surface area (Å²) in [7, 11) is 0. The Hall–Kier alpha value is -2.20. The summed E-state index contributed by atoms with van der Waals surface area (Å²) in [4.78, 5) is 12.3. The van der Waals surface area contributed by atoms with Crippen LogP contribution in [0.25, 0.3) is 0 Å². The summed E-state index contributed by atoms with van der Waals surface area (Å²) < 4.78 is 11.4. The molecule has 2 aromatic rings. The zero-order valence-corrected chi connectivity index (χ0v) is 17.2. The molecule has 0 heterocycles. The van der Waals surface area contributed by atoms with Crippen molar-refractivity contribution in [3.63, 3.8) is 0 Å². The first-order valence-electron chi connectivity index (χ1n) is 9.34. The number of carbonyl (C=O) groups excluding carboxylic acids is 1. The number of hydrogen-bond donors (Lipinski definition) is 1. The predicted molar refractivity (Wildman–Crippen MR) is 110 cm³/mol. The van der Waals surface area contributed by atoms with E-state index in [9.17, 15) is 4.79 Å². The predicted octanol–water partition coefficient (Wildman–Crippen LogP) is 4.87. The highest BCUT2D eigenvalue weighted by Crippen LogP contribution is 2.26. The smallest absolute Gasteiger partial charge is 0.260 e. The zero-order chi connectivity index (χ0) is 19.8. The maximum Gasteiger partial charge on any atom is 0.260 e. The van der Waals surface area contributed by atoms with Gasteiger partial charge in [-0.25, -0.2) is 0 Å². The van der Waals surface area contributed by atoms with Crippen molar-refractivity contribution in [1.82, 2.24) is 5.32 Å². The van der Waals surface area contributed by atoms with Gasteiger partial charge in [0.2, 0.25) is 0 Å². The third kappa shape index (κ3) is 6.17. The summed E-state index contributed by atoms with van der Waals surface area (Å²) in [5.41, 5.74) is 3.03. The van der Waals surface area contributed by atoms with Gasteiger partial charge >= 0.3 is 0 Å². The summed E-state index contributed by atoms with van der Waals surface area (Å²) >= 11 is 6.17. The molecule has 5 heteroatoms. The van der Waals surface area contributed by atoms with E-state index in [1.807, 2.05) is 51.1 Å². The van der Waals surface area contributed by atoms with E-state index < -0.39 is 6.10 Å². The molecule has 1 N–H and O–H groups in total. The molecule has 1 amide bonds. The van der Waals surface area contributed by atoms with Gasteiger partial charge in [-0.1, -0.05) is 29.8 Å². The number of para-hydroxylation sites is 1. The second-order valence-electron chi connectivity index (χ2n) is 6.57. The second kappa shape index (κ2) is 10.2. The molecule has 146 valence electrons. The lowest BCUT2D eigenvalue weighted by Crippen LogP contribution is -2.37. The van der Waals surface area contributed by atoms with E-state index in [4.69, 9.17) is 21.1 Å². The van der Waals surface area contributed by atoms with Gasteiger partial charge in [0.15, 0.2) is 6.10 Å². The summed E-state index contributed by atoms with van der Waals surface area (Å²) in [5.74, 6) is 1.44. The Morgan fingerprint density at radius 3 is 2.52 bits per heavy atom. The topological polar surface area (TPSA) is 47.6 Å². The molecule has 2 aromatic carbocycles. The molecule has 1 atom stereocenters. The molecular formula is C22H28ClNO3. The highest BCUT2D eigenvalue weighted by molar-refractivity contribution is 6.32. The third-order valence-corrected chi connectivity index (χ3v) is 4.88. The van der Waals surface area contributed by atoms with Gasteiger partial charge in [0.25, 0.3) is 5.91 Å². The molecule has 0 spiro atoms. The summed E-state index contributed by atoms with van der Waals surface area (Å²) in [6.07, 6.45) is 1.11. The molecule has 4 nitrogen and oxygen atoms in total. The molecule has 0 aromatic heterocycles. The van der Waals surface area contributed by atoms with Gasteiger partial charge in [-0.3, -0.25) is 4.79 Å². The van der Waals surface area contributed by atoms with Crippen LogP contribution in [-0.4, -0.2) is 25.2 Å². The molecule has 0 fully saturated rings. The Morgan fingerprint density at radius 1 is 1.19 bits per heavy atom. The van der Waals surface area contributed by atoms with Crippen LogP contribution >= 0.6 is 11.6 Å². The summed E-state index contributed by atoms with van der Waals surface area (Å²) in [5, 5.41) is 3.66. The van der Waals surface area contributed by atoms with E-state index in [0.717, 1.165) is 40.3 Å². The minimum atomic E-state index is -0.569. The highest BCUT2D eigenvalue weighted by Gasteiger charge is 2.15.